The second kappa shape index (κ2) is 5.31. The highest BCUT2D eigenvalue weighted by Gasteiger charge is 2.27. The molecule has 23 heavy (non-hydrogen) atoms. The van der Waals surface area contributed by atoms with E-state index in [1.165, 1.54) is 11.1 Å². The van der Waals surface area contributed by atoms with E-state index < -0.39 is 0 Å². The Bertz CT molecular complexity index is 844. The molecule has 116 valence electrons. The molecule has 0 amide bonds. The van der Waals surface area contributed by atoms with Crippen LogP contribution < -0.4 is 16.0 Å². The number of hydrogen-bond acceptors (Lipinski definition) is 6. The molecule has 4 rings (SSSR count). The number of nitrogen functional groups attached to an aromatic ring is 1. The zero-order valence-corrected chi connectivity index (χ0v) is 12.8. The van der Waals surface area contributed by atoms with Gasteiger partial charge in [0.05, 0.1) is 12.9 Å². The summed E-state index contributed by atoms with van der Waals surface area (Å²) in [6, 6.07) is 12.2. The Labute approximate surface area is 134 Å². The monoisotopic (exact) mass is 307 g/mol. The van der Waals surface area contributed by atoms with E-state index in [0.29, 0.717) is 12.4 Å². The number of fused-ring (bicyclic) bond motifs is 1. The minimum Gasteiger partial charge on any atom is -0.463 e. The standard InChI is InChI=1S/C17H17N5O/c1-11-4-2-5-12(8-11)9-22-10-19-16-15(22)14(20-17(18)21-16)13-6-3-7-23-13/h2-8H,9-10H2,1H3,(H3,18,19,20,21). The van der Waals surface area contributed by atoms with Crippen molar-refractivity contribution in [1.29, 1.82) is 0 Å². The van der Waals surface area contributed by atoms with Gasteiger partial charge in [-0.15, -0.1) is 0 Å². The Morgan fingerprint density at radius 1 is 1.26 bits per heavy atom. The lowest BCUT2D eigenvalue weighted by Gasteiger charge is -2.19. The Hall–Kier alpha value is -3.02. The first-order valence-corrected chi connectivity index (χ1v) is 7.46. The van der Waals surface area contributed by atoms with Gasteiger partial charge in [0.25, 0.3) is 0 Å². The van der Waals surface area contributed by atoms with Crippen LogP contribution in [-0.2, 0) is 6.54 Å². The van der Waals surface area contributed by atoms with Gasteiger partial charge in [0.15, 0.2) is 11.6 Å². The predicted octanol–water partition coefficient (Wildman–Crippen LogP) is 3.02. The highest BCUT2D eigenvalue weighted by atomic mass is 16.3. The number of rotatable bonds is 3. The van der Waals surface area contributed by atoms with Crippen LogP contribution in [0.15, 0.2) is 47.1 Å². The summed E-state index contributed by atoms with van der Waals surface area (Å²) in [5.41, 5.74) is 9.96. The first kappa shape index (κ1) is 13.6. The van der Waals surface area contributed by atoms with Gasteiger partial charge in [0.2, 0.25) is 5.95 Å². The second-order valence-electron chi connectivity index (χ2n) is 5.63. The molecule has 0 unspecified atom stereocenters. The maximum absolute atomic E-state index is 5.83. The Morgan fingerprint density at radius 2 is 2.17 bits per heavy atom. The van der Waals surface area contributed by atoms with E-state index in [9.17, 15) is 0 Å². The molecule has 3 heterocycles. The third-order valence-corrected chi connectivity index (χ3v) is 3.87. The van der Waals surface area contributed by atoms with Crippen LogP contribution in [-0.4, -0.2) is 16.6 Å². The first-order valence-electron chi connectivity index (χ1n) is 7.46. The summed E-state index contributed by atoms with van der Waals surface area (Å²) in [4.78, 5) is 10.9. The van der Waals surface area contributed by atoms with Crippen LogP contribution in [0.3, 0.4) is 0 Å². The van der Waals surface area contributed by atoms with E-state index in [0.717, 1.165) is 23.7 Å². The van der Waals surface area contributed by atoms with Gasteiger partial charge in [-0.25, -0.2) is 4.98 Å². The van der Waals surface area contributed by atoms with Gasteiger partial charge in [-0.3, -0.25) is 0 Å². The minimum absolute atomic E-state index is 0.236. The average molecular weight is 307 g/mol. The summed E-state index contributed by atoms with van der Waals surface area (Å²) >= 11 is 0. The fraction of sp³-hybridized carbons (Fsp3) is 0.176. The lowest BCUT2D eigenvalue weighted by molar-refractivity contribution is 0.580. The van der Waals surface area contributed by atoms with Gasteiger partial charge in [0, 0.05) is 6.54 Å². The molecule has 0 saturated carbocycles. The number of nitrogens with one attached hydrogen (secondary N) is 1. The molecule has 0 radical (unpaired) electrons. The van der Waals surface area contributed by atoms with Crippen LogP contribution in [0.25, 0.3) is 11.5 Å². The zero-order valence-electron chi connectivity index (χ0n) is 12.8. The molecule has 0 spiro atoms. The molecule has 0 bridgehead atoms. The van der Waals surface area contributed by atoms with Gasteiger partial charge < -0.3 is 20.4 Å². The summed E-state index contributed by atoms with van der Waals surface area (Å²) in [5, 5.41) is 3.28. The largest absolute Gasteiger partial charge is 0.463 e. The van der Waals surface area contributed by atoms with Crippen molar-refractivity contribution in [3.05, 3.63) is 53.8 Å². The third kappa shape index (κ3) is 2.48. The number of aromatic nitrogens is 2. The predicted molar refractivity (Wildman–Crippen MR) is 90.0 cm³/mol. The summed E-state index contributed by atoms with van der Waals surface area (Å²) in [7, 11) is 0. The molecule has 1 aliphatic heterocycles. The first-order chi connectivity index (χ1) is 11.2. The molecular formula is C17H17N5O. The average Bonchev–Trinajstić information content (AvgIpc) is 3.17. The van der Waals surface area contributed by atoms with E-state index in [2.05, 4.69) is 51.4 Å². The van der Waals surface area contributed by atoms with E-state index in [1.54, 1.807) is 6.26 Å². The van der Waals surface area contributed by atoms with Crippen LogP contribution >= 0.6 is 0 Å². The summed E-state index contributed by atoms with van der Waals surface area (Å²) in [6.07, 6.45) is 1.63. The second-order valence-corrected chi connectivity index (χ2v) is 5.63. The lowest BCUT2D eigenvalue weighted by Crippen LogP contribution is -2.22. The third-order valence-electron chi connectivity index (χ3n) is 3.87. The maximum Gasteiger partial charge on any atom is 0.222 e. The molecular weight excluding hydrogens is 290 g/mol. The number of anilines is 3. The van der Waals surface area contributed by atoms with E-state index in [-0.39, 0.29) is 5.95 Å². The van der Waals surface area contributed by atoms with E-state index in [4.69, 9.17) is 10.2 Å². The Morgan fingerprint density at radius 3 is 2.96 bits per heavy atom. The number of aryl methyl sites for hydroxylation is 1. The molecule has 0 fully saturated rings. The van der Waals surface area contributed by atoms with Crippen molar-refractivity contribution in [2.75, 3.05) is 22.6 Å². The molecule has 3 N–H and O–H groups in total. The number of furan rings is 1. The van der Waals surface area contributed by atoms with Gasteiger partial charge >= 0.3 is 0 Å². The van der Waals surface area contributed by atoms with E-state index in [1.807, 2.05) is 12.1 Å². The van der Waals surface area contributed by atoms with Crippen molar-refractivity contribution in [2.24, 2.45) is 0 Å². The normalized spacial score (nSPS) is 13.0. The summed E-state index contributed by atoms with van der Waals surface area (Å²) in [6.45, 7) is 3.52. The Kier molecular flexibility index (Phi) is 3.15. The molecule has 2 aromatic heterocycles. The molecule has 0 atom stereocenters. The molecule has 0 aliphatic carbocycles. The van der Waals surface area contributed by atoms with Crippen LogP contribution in [0.4, 0.5) is 17.5 Å². The topological polar surface area (TPSA) is 80.2 Å². The van der Waals surface area contributed by atoms with Crippen molar-refractivity contribution < 1.29 is 4.42 Å². The summed E-state index contributed by atoms with van der Waals surface area (Å²) < 4.78 is 5.52. The highest BCUT2D eigenvalue weighted by Crippen LogP contribution is 2.39. The number of nitrogens with zero attached hydrogens (tertiary/aromatic N) is 3. The van der Waals surface area contributed by atoms with Crippen molar-refractivity contribution in [1.82, 2.24) is 9.97 Å². The van der Waals surface area contributed by atoms with Crippen molar-refractivity contribution in [2.45, 2.75) is 13.5 Å². The molecule has 1 aromatic carbocycles. The fourth-order valence-corrected chi connectivity index (χ4v) is 2.90. The van der Waals surface area contributed by atoms with Gasteiger partial charge in [-0.05, 0) is 24.6 Å². The fourth-order valence-electron chi connectivity index (χ4n) is 2.90. The quantitative estimate of drug-likeness (QED) is 0.774. The molecule has 0 saturated heterocycles. The summed E-state index contributed by atoms with van der Waals surface area (Å²) in [5.74, 6) is 1.67. The van der Waals surface area contributed by atoms with Crippen molar-refractivity contribution in [3.63, 3.8) is 0 Å². The van der Waals surface area contributed by atoms with Crippen molar-refractivity contribution >= 4 is 17.5 Å². The molecule has 6 nitrogen and oxygen atoms in total. The van der Waals surface area contributed by atoms with Gasteiger partial charge in [-0.1, -0.05) is 29.8 Å². The van der Waals surface area contributed by atoms with Gasteiger partial charge in [0.1, 0.15) is 11.4 Å². The number of nitrogens with two attached hydrogens (primary N) is 1. The van der Waals surface area contributed by atoms with Crippen LogP contribution in [0, 0.1) is 6.92 Å². The van der Waals surface area contributed by atoms with E-state index >= 15 is 0 Å². The lowest BCUT2D eigenvalue weighted by atomic mass is 10.1. The van der Waals surface area contributed by atoms with Gasteiger partial charge in [-0.2, -0.15) is 4.98 Å². The number of hydrogen-bond donors (Lipinski definition) is 2. The Balaban J connectivity index is 1.75. The van der Waals surface area contributed by atoms with Crippen LogP contribution in [0.2, 0.25) is 0 Å². The van der Waals surface area contributed by atoms with Crippen molar-refractivity contribution in [3.8, 4) is 11.5 Å². The number of benzene rings is 1. The smallest absolute Gasteiger partial charge is 0.222 e. The van der Waals surface area contributed by atoms with Crippen LogP contribution in [0.5, 0.6) is 0 Å². The molecule has 3 aromatic rings. The van der Waals surface area contributed by atoms with Crippen LogP contribution in [0.1, 0.15) is 11.1 Å². The highest BCUT2D eigenvalue weighted by molar-refractivity contribution is 5.85. The zero-order chi connectivity index (χ0) is 15.8. The minimum atomic E-state index is 0.236. The maximum atomic E-state index is 5.83. The SMILES string of the molecule is Cc1cccc(CN2CNc3nc(N)nc(-c4ccco4)c32)c1. The molecule has 1 aliphatic rings. The molecule has 6 heteroatoms.